The minimum atomic E-state index is 0.338. The molecular formula is C11H22O3. The van der Waals surface area contributed by atoms with E-state index in [9.17, 15) is 0 Å². The fraction of sp³-hybridized carbons (Fsp3) is 1.00. The third kappa shape index (κ3) is 7.30. The van der Waals surface area contributed by atoms with Crippen LogP contribution in [0.1, 0.15) is 38.5 Å². The van der Waals surface area contributed by atoms with E-state index >= 15 is 0 Å². The van der Waals surface area contributed by atoms with Crippen molar-refractivity contribution >= 4 is 0 Å². The van der Waals surface area contributed by atoms with Crippen molar-refractivity contribution in [2.75, 3.05) is 26.4 Å². The third-order valence-corrected chi connectivity index (χ3v) is 2.40. The largest absolute Gasteiger partial charge is 0.396 e. The zero-order valence-corrected chi connectivity index (χ0v) is 8.91. The highest BCUT2D eigenvalue weighted by Crippen LogP contribution is 2.09. The number of aliphatic hydroxyl groups is 1. The maximum absolute atomic E-state index is 8.56. The lowest BCUT2D eigenvalue weighted by Gasteiger charge is -2.02. The van der Waals surface area contributed by atoms with E-state index in [0.717, 1.165) is 39.1 Å². The Morgan fingerprint density at radius 2 is 1.71 bits per heavy atom. The Labute approximate surface area is 86.4 Å². The Balaban J connectivity index is 1.63. The normalized spacial score (nSPS) is 19.9. The van der Waals surface area contributed by atoms with E-state index < -0.39 is 0 Å². The second-order valence-electron chi connectivity index (χ2n) is 3.88. The first-order chi connectivity index (χ1) is 6.93. The van der Waals surface area contributed by atoms with E-state index in [4.69, 9.17) is 14.6 Å². The van der Waals surface area contributed by atoms with Crippen molar-refractivity contribution < 1.29 is 14.6 Å². The van der Waals surface area contributed by atoms with Gasteiger partial charge in [-0.1, -0.05) is 25.7 Å². The Morgan fingerprint density at radius 1 is 1.07 bits per heavy atom. The van der Waals surface area contributed by atoms with Gasteiger partial charge in [0.2, 0.25) is 0 Å². The standard InChI is InChI=1S/C11H22O3/c12-7-5-3-1-2-4-6-8-13-9-11-10-14-11/h11-12H,1-10H2. The molecule has 0 aromatic heterocycles. The summed E-state index contributed by atoms with van der Waals surface area (Å²) in [4.78, 5) is 0. The Morgan fingerprint density at radius 3 is 2.36 bits per heavy atom. The molecule has 0 aromatic rings. The van der Waals surface area contributed by atoms with Crippen molar-refractivity contribution in [2.45, 2.75) is 44.6 Å². The highest BCUT2D eigenvalue weighted by atomic mass is 16.6. The molecule has 0 saturated carbocycles. The van der Waals surface area contributed by atoms with Crippen molar-refractivity contribution in [2.24, 2.45) is 0 Å². The van der Waals surface area contributed by atoms with Crippen LogP contribution in [-0.2, 0) is 9.47 Å². The molecule has 0 aliphatic carbocycles. The van der Waals surface area contributed by atoms with Gasteiger partial charge in [-0.05, 0) is 12.8 Å². The first kappa shape index (κ1) is 12.0. The zero-order chi connectivity index (χ0) is 10.1. The molecule has 84 valence electrons. The third-order valence-electron chi connectivity index (χ3n) is 2.40. The average Bonchev–Trinajstić information content (AvgIpc) is 2.99. The van der Waals surface area contributed by atoms with Gasteiger partial charge in [0, 0.05) is 13.2 Å². The fourth-order valence-corrected chi connectivity index (χ4v) is 1.40. The molecule has 14 heavy (non-hydrogen) atoms. The maximum Gasteiger partial charge on any atom is 0.104 e. The van der Waals surface area contributed by atoms with E-state index in [0.29, 0.717) is 12.7 Å². The smallest absolute Gasteiger partial charge is 0.104 e. The van der Waals surface area contributed by atoms with Gasteiger partial charge in [0.05, 0.1) is 13.2 Å². The zero-order valence-electron chi connectivity index (χ0n) is 8.91. The topological polar surface area (TPSA) is 42.0 Å². The number of hydrogen-bond acceptors (Lipinski definition) is 3. The molecule has 0 spiro atoms. The summed E-state index contributed by atoms with van der Waals surface area (Å²) >= 11 is 0. The molecule has 1 N–H and O–H groups in total. The number of unbranched alkanes of at least 4 members (excludes halogenated alkanes) is 5. The summed E-state index contributed by atoms with van der Waals surface area (Å²) in [5, 5.41) is 8.56. The van der Waals surface area contributed by atoms with Gasteiger partial charge in [0.25, 0.3) is 0 Å². The Hall–Kier alpha value is -0.120. The highest BCUT2D eigenvalue weighted by Gasteiger charge is 2.21. The SMILES string of the molecule is OCCCCCCCCOCC1CO1. The summed E-state index contributed by atoms with van der Waals surface area (Å²) in [5.74, 6) is 0. The van der Waals surface area contributed by atoms with E-state index in [2.05, 4.69) is 0 Å². The first-order valence-electron chi connectivity index (χ1n) is 5.73. The minimum Gasteiger partial charge on any atom is -0.396 e. The predicted octanol–water partition coefficient (Wildman–Crippen LogP) is 1.73. The van der Waals surface area contributed by atoms with E-state index in [1.165, 1.54) is 19.3 Å². The lowest BCUT2D eigenvalue weighted by molar-refractivity contribution is 0.113. The molecule has 3 nitrogen and oxygen atoms in total. The summed E-state index contributed by atoms with van der Waals surface area (Å²) < 4.78 is 10.5. The van der Waals surface area contributed by atoms with Crippen LogP contribution in [0.15, 0.2) is 0 Å². The number of aliphatic hydroxyl groups excluding tert-OH is 1. The molecular weight excluding hydrogens is 180 g/mol. The van der Waals surface area contributed by atoms with Gasteiger partial charge in [-0.25, -0.2) is 0 Å². The lowest BCUT2D eigenvalue weighted by Crippen LogP contribution is -2.02. The van der Waals surface area contributed by atoms with Crippen LogP contribution in [0.5, 0.6) is 0 Å². The summed E-state index contributed by atoms with van der Waals surface area (Å²) in [6.07, 6.45) is 7.43. The molecule has 1 rings (SSSR count). The van der Waals surface area contributed by atoms with Gasteiger partial charge in [0.1, 0.15) is 6.10 Å². The molecule has 0 bridgehead atoms. The molecule has 0 aromatic carbocycles. The van der Waals surface area contributed by atoms with Crippen LogP contribution in [0.4, 0.5) is 0 Å². The summed E-state index contributed by atoms with van der Waals surface area (Å²) in [7, 11) is 0. The molecule has 0 amide bonds. The number of hydrogen-bond donors (Lipinski definition) is 1. The van der Waals surface area contributed by atoms with Gasteiger partial charge < -0.3 is 14.6 Å². The van der Waals surface area contributed by atoms with Crippen molar-refractivity contribution in [3.05, 3.63) is 0 Å². The average molecular weight is 202 g/mol. The van der Waals surface area contributed by atoms with Crippen LogP contribution < -0.4 is 0 Å². The van der Waals surface area contributed by atoms with Crippen molar-refractivity contribution in [3.63, 3.8) is 0 Å². The number of ether oxygens (including phenoxy) is 2. The molecule has 1 atom stereocenters. The monoisotopic (exact) mass is 202 g/mol. The van der Waals surface area contributed by atoms with Crippen molar-refractivity contribution in [1.82, 2.24) is 0 Å². The molecule has 1 aliphatic rings. The molecule has 1 heterocycles. The van der Waals surface area contributed by atoms with Crippen LogP contribution in [0, 0.1) is 0 Å². The van der Waals surface area contributed by atoms with E-state index in [1.54, 1.807) is 0 Å². The van der Waals surface area contributed by atoms with Crippen molar-refractivity contribution in [3.8, 4) is 0 Å². The number of rotatable bonds is 10. The van der Waals surface area contributed by atoms with Gasteiger partial charge in [-0.2, -0.15) is 0 Å². The summed E-state index contributed by atoms with van der Waals surface area (Å²) in [6.45, 7) is 2.88. The Bertz CT molecular complexity index is 124. The summed E-state index contributed by atoms with van der Waals surface area (Å²) in [6, 6.07) is 0. The highest BCUT2D eigenvalue weighted by molar-refractivity contribution is 4.66. The molecule has 1 aliphatic heterocycles. The quantitative estimate of drug-likeness (QED) is 0.433. The van der Waals surface area contributed by atoms with Gasteiger partial charge in [0.15, 0.2) is 0 Å². The second-order valence-corrected chi connectivity index (χ2v) is 3.88. The van der Waals surface area contributed by atoms with Gasteiger partial charge in [-0.3, -0.25) is 0 Å². The molecule has 0 radical (unpaired) electrons. The minimum absolute atomic E-state index is 0.338. The molecule has 1 unspecified atom stereocenters. The van der Waals surface area contributed by atoms with Gasteiger partial charge >= 0.3 is 0 Å². The molecule has 3 heteroatoms. The maximum atomic E-state index is 8.56. The lowest BCUT2D eigenvalue weighted by atomic mass is 10.1. The first-order valence-corrected chi connectivity index (χ1v) is 5.73. The van der Waals surface area contributed by atoms with Crippen LogP contribution in [0.25, 0.3) is 0 Å². The predicted molar refractivity (Wildman–Crippen MR) is 55.3 cm³/mol. The molecule has 1 saturated heterocycles. The van der Waals surface area contributed by atoms with Crippen LogP contribution in [-0.4, -0.2) is 37.6 Å². The Kier molecular flexibility index (Phi) is 7.01. The van der Waals surface area contributed by atoms with Gasteiger partial charge in [-0.15, -0.1) is 0 Å². The molecule has 1 fully saturated rings. The second kappa shape index (κ2) is 8.21. The number of epoxide rings is 1. The van der Waals surface area contributed by atoms with Crippen molar-refractivity contribution in [1.29, 1.82) is 0 Å². The van der Waals surface area contributed by atoms with E-state index in [-0.39, 0.29) is 0 Å². The van der Waals surface area contributed by atoms with Crippen LogP contribution in [0.2, 0.25) is 0 Å². The fourth-order valence-electron chi connectivity index (χ4n) is 1.40. The van der Waals surface area contributed by atoms with Crippen LogP contribution in [0.3, 0.4) is 0 Å². The summed E-state index contributed by atoms with van der Waals surface area (Å²) in [5.41, 5.74) is 0. The van der Waals surface area contributed by atoms with Crippen LogP contribution >= 0.6 is 0 Å². The van der Waals surface area contributed by atoms with E-state index in [1.807, 2.05) is 0 Å².